The number of aliphatic hydroxyl groups excluding tert-OH is 2. The molecule has 4 rings (SSSR count). The summed E-state index contributed by atoms with van der Waals surface area (Å²) in [6, 6.07) is 9.01. The average molecular weight is 427 g/mol. The Morgan fingerprint density at radius 1 is 0.742 bits per heavy atom. The zero-order valence-corrected chi connectivity index (χ0v) is 18.7. The van der Waals surface area contributed by atoms with E-state index in [9.17, 15) is 0 Å². The number of hydrogen-bond acceptors (Lipinski definition) is 6. The van der Waals surface area contributed by atoms with Gasteiger partial charge in [0, 0.05) is 50.5 Å². The Morgan fingerprint density at radius 3 is 1.61 bits per heavy atom. The van der Waals surface area contributed by atoms with Gasteiger partial charge in [-0.2, -0.15) is 0 Å². The van der Waals surface area contributed by atoms with Crippen LogP contribution in [-0.2, 0) is 19.5 Å². The molecule has 2 heterocycles. The molecule has 0 bridgehead atoms. The van der Waals surface area contributed by atoms with E-state index in [1.54, 1.807) is 0 Å². The number of fused-ring (bicyclic) bond motifs is 2. The van der Waals surface area contributed by atoms with Crippen molar-refractivity contribution in [2.45, 2.75) is 46.2 Å². The average Bonchev–Trinajstić information content (AvgIpc) is 2.75. The highest BCUT2D eigenvalue weighted by molar-refractivity contribution is 5.49. The number of aliphatic hydroxyl groups is 2. The monoisotopic (exact) mass is 426 g/mol. The summed E-state index contributed by atoms with van der Waals surface area (Å²) in [5.41, 5.74) is 7.40. The summed E-state index contributed by atoms with van der Waals surface area (Å²) in [5.74, 6) is 2.03. The summed E-state index contributed by atoms with van der Waals surface area (Å²) < 4.78 is 12.0. The molecule has 0 radical (unpaired) electrons. The van der Waals surface area contributed by atoms with E-state index in [4.69, 9.17) is 19.7 Å². The van der Waals surface area contributed by atoms with Crippen LogP contribution in [0.5, 0.6) is 11.5 Å². The van der Waals surface area contributed by atoms with Crippen molar-refractivity contribution in [2.75, 3.05) is 39.8 Å². The highest BCUT2D eigenvalue weighted by Crippen LogP contribution is 2.33. The van der Waals surface area contributed by atoms with Crippen LogP contribution in [0.4, 0.5) is 0 Å². The Kier molecular flexibility index (Phi) is 7.13. The fourth-order valence-electron chi connectivity index (χ4n) is 4.70. The molecule has 6 heteroatoms. The first-order valence-electron chi connectivity index (χ1n) is 11.2. The van der Waals surface area contributed by atoms with Gasteiger partial charge in [0.15, 0.2) is 0 Å². The number of rotatable bonds is 8. The van der Waals surface area contributed by atoms with E-state index in [2.05, 4.69) is 47.9 Å². The van der Waals surface area contributed by atoms with Crippen molar-refractivity contribution in [3.8, 4) is 11.5 Å². The third-order valence-electron chi connectivity index (χ3n) is 6.07. The number of benzene rings is 2. The third-order valence-corrected chi connectivity index (χ3v) is 6.07. The van der Waals surface area contributed by atoms with Crippen molar-refractivity contribution in [2.24, 2.45) is 0 Å². The molecular formula is C25H34N2O4. The standard InChI is InChI=1S/C25H34N2O4/c1-18-9-20(12-22-14-26(5-3-7-28)16-30-24(18)22)11-21-10-19(2)25-23(13-21)15-27(17-31-25)6-4-8-29/h9-10,12-13,28-29H,3-8,11,14-17H2,1-2H3. The van der Waals surface area contributed by atoms with E-state index in [1.807, 2.05) is 0 Å². The van der Waals surface area contributed by atoms with Gasteiger partial charge in [-0.25, -0.2) is 0 Å². The van der Waals surface area contributed by atoms with Crippen molar-refractivity contribution in [3.63, 3.8) is 0 Å². The minimum atomic E-state index is 0.210. The molecule has 0 aliphatic carbocycles. The van der Waals surface area contributed by atoms with E-state index in [0.29, 0.717) is 13.5 Å². The van der Waals surface area contributed by atoms with Crippen LogP contribution in [0.1, 0.15) is 46.2 Å². The van der Waals surface area contributed by atoms with Crippen molar-refractivity contribution in [1.29, 1.82) is 0 Å². The lowest BCUT2D eigenvalue weighted by molar-refractivity contribution is 0.0876. The fraction of sp³-hybridized carbons (Fsp3) is 0.520. The van der Waals surface area contributed by atoms with Crippen molar-refractivity contribution in [3.05, 3.63) is 57.6 Å². The second-order valence-corrected chi connectivity index (χ2v) is 8.78. The molecule has 168 valence electrons. The molecule has 2 aromatic carbocycles. The highest BCUT2D eigenvalue weighted by atomic mass is 16.5. The van der Waals surface area contributed by atoms with E-state index in [-0.39, 0.29) is 13.2 Å². The second-order valence-electron chi connectivity index (χ2n) is 8.78. The summed E-state index contributed by atoms with van der Waals surface area (Å²) in [6.07, 6.45) is 2.40. The minimum absolute atomic E-state index is 0.210. The lowest BCUT2D eigenvalue weighted by Crippen LogP contribution is -2.33. The molecule has 0 amide bonds. The first-order valence-corrected chi connectivity index (χ1v) is 11.2. The van der Waals surface area contributed by atoms with Gasteiger partial charge in [0.25, 0.3) is 0 Å². The summed E-state index contributed by atoms with van der Waals surface area (Å²) in [4.78, 5) is 4.48. The van der Waals surface area contributed by atoms with Gasteiger partial charge >= 0.3 is 0 Å². The van der Waals surface area contributed by atoms with Crippen molar-refractivity contribution in [1.82, 2.24) is 9.80 Å². The maximum atomic E-state index is 9.12. The topological polar surface area (TPSA) is 65.4 Å². The van der Waals surface area contributed by atoms with Crippen LogP contribution in [0.25, 0.3) is 0 Å². The van der Waals surface area contributed by atoms with Crippen LogP contribution < -0.4 is 9.47 Å². The zero-order chi connectivity index (χ0) is 21.8. The van der Waals surface area contributed by atoms with Crippen molar-refractivity contribution < 1.29 is 19.7 Å². The number of nitrogens with zero attached hydrogens (tertiary/aromatic N) is 2. The molecular weight excluding hydrogens is 392 g/mol. The van der Waals surface area contributed by atoms with Crippen LogP contribution in [0, 0.1) is 13.8 Å². The Morgan fingerprint density at radius 2 is 1.19 bits per heavy atom. The molecule has 0 unspecified atom stereocenters. The number of hydrogen-bond donors (Lipinski definition) is 2. The predicted molar refractivity (Wildman–Crippen MR) is 120 cm³/mol. The van der Waals surface area contributed by atoms with E-state index in [1.165, 1.54) is 33.4 Å². The fourth-order valence-corrected chi connectivity index (χ4v) is 4.70. The molecule has 2 aliphatic rings. The molecule has 0 saturated carbocycles. The van der Waals surface area contributed by atoms with Crippen LogP contribution in [0.3, 0.4) is 0 Å². The van der Waals surface area contributed by atoms with Gasteiger partial charge in [-0.1, -0.05) is 24.3 Å². The highest BCUT2D eigenvalue weighted by Gasteiger charge is 2.21. The number of ether oxygens (including phenoxy) is 2. The van der Waals surface area contributed by atoms with Gasteiger partial charge in [0.2, 0.25) is 0 Å². The van der Waals surface area contributed by atoms with E-state index < -0.39 is 0 Å². The van der Waals surface area contributed by atoms with Crippen molar-refractivity contribution >= 4 is 0 Å². The molecule has 2 aliphatic heterocycles. The third kappa shape index (κ3) is 5.21. The normalized spacial score (nSPS) is 16.4. The molecule has 31 heavy (non-hydrogen) atoms. The van der Waals surface area contributed by atoms with Gasteiger partial charge in [0.05, 0.1) is 0 Å². The molecule has 0 atom stereocenters. The van der Waals surface area contributed by atoms with Gasteiger partial charge in [-0.05, 0) is 55.4 Å². The summed E-state index contributed by atoms with van der Waals surface area (Å²) in [5, 5.41) is 18.2. The van der Waals surface area contributed by atoms with E-state index in [0.717, 1.165) is 56.9 Å². The van der Waals surface area contributed by atoms with Gasteiger partial charge in [-0.3, -0.25) is 9.80 Å². The molecule has 2 aromatic rings. The molecule has 0 aromatic heterocycles. The SMILES string of the molecule is Cc1cc(Cc2cc(C)c3c(c2)CN(CCCO)CO3)cc2c1OCN(CCCO)C2. The van der Waals surface area contributed by atoms with E-state index >= 15 is 0 Å². The Hall–Kier alpha value is -2.12. The first kappa shape index (κ1) is 22.1. The Balaban J connectivity index is 1.52. The molecule has 6 nitrogen and oxygen atoms in total. The van der Waals surface area contributed by atoms with Crippen LogP contribution in [0.2, 0.25) is 0 Å². The molecule has 0 saturated heterocycles. The van der Waals surface area contributed by atoms with Crippen LogP contribution >= 0.6 is 0 Å². The zero-order valence-electron chi connectivity index (χ0n) is 18.7. The quantitative estimate of drug-likeness (QED) is 0.677. The minimum Gasteiger partial charge on any atom is -0.478 e. The molecule has 2 N–H and O–H groups in total. The van der Waals surface area contributed by atoms with Crippen LogP contribution in [-0.4, -0.2) is 59.8 Å². The second kappa shape index (κ2) is 10.0. The Labute approximate surface area is 185 Å². The lowest BCUT2D eigenvalue weighted by atomic mass is 9.95. The number of aryl methyl sites for hydroxylation is 2. The summed E-state index contributed by atoms with van der Waals surface area (Å²) in [6.45, 7) is 9.25. The molecule has 0 spiro atoms. The first-order chi connectivity index (χ1) is 15.1. The smallest absolute Gasteiger partial charge is 0.142 e. The predicted octanol–water partition coefficient (Wildman–Crippen LogP) is 2.96. The largest absolute Gasteiger partial charge is 0.478 e. The maximum absolute atomic E-state index is 9.12. The van der Waals surface area contributed by atoms with Gasteiger partial charge in [0.1, 0.15) is 25.0 Å². The maximum Gasteiger partial charge on any atom is 0.142 e. The Bertz CT molecular complexity index is 841. The molecule has 0 fully saturated rings. The van der Waals surface area contributed by atoms with Gasteiger partial charge in [-0.15, -0.1) is 0 Å². The summed E-state index contributed by atoms with van der Waals surface area (Å²) >= 11 is 0. The van der Waals surface area contributed by atoms with Crippen LogP contribution in [0.15, 0.2) is 24.3 Å². The summed E-state index contributed by atoms with van der Waals surface area (Å²) in [7, 11) is 0. The lowest BCUT2D eigenvalue weighted by Gasteiger charge is -2.31. The van der Waals surface area contributed by atoms with Gasteiger partial charge < -0.3 is 19.7 Å².